The van der Waals surface area contributed by atoms with E-state index in [4.69, 9.17) is 23.7 Å². The van der Waals surface area contributed by atoms with E-state index in [9.17, 15) is 65.1 Å². The number of aryl methyl sites for hydroxylation is 1. The van der Waals surface area contributed by atoms with Crippen molar-refractivity contribution in [3.8, 4) is 34.1 Å². The Morgan fingerprint density at radius 3 is 2.11 bits per heavy atom. The van der Waals surface area contributed by atoms with Crippen molar-refractivity contribution in [2.45, 2.75) is 94.3 Å². The van der Waals surface area contributed by atoms with E-state index in [2.05, 4.69) is 5.32 Å². The fraction of sp³-hybridized carbons (Fsp3) is 0.463. The molecule has 0 bridgehead atoms. The van der Waals surface area contributed by atoms with Crippen LogP contribution in [0.25, 0.3) is 11.1 Å². The van der Waals surface area contributed by atoms with Gasteiger partial charge < -0.3 is 79.9 Å². The van der Waals surface area contributed by atoms with Crippen molar-refractivity contribution in [3.63, 3.8) is 0 Å². The monoisotopic (exact) mass is 854 g/mol. The molecule has 2 aliphatic heterocycles. The van der Waals surface area contributed by atoms with E-state index >= 15 is 0 Å². The average molecular weight is 855 g/mol. The van der Waals surface area contributed by atoms with Crippen molar-refractivity contribution in [2.24, 2.45) is 0 Å². The smallest absolute Gasteiger partial charge is 0.325 e. The molecule has 0 aromatic heterocycles. The molecule has 12 atom stereocenters. The topological polar surface area (TPSA) is 312 Å². The molecule has 20 heteroatoms. The summed E-state index contributed by atoms with van der Waals surface area (Å²) in [5.74, 6) is -6.62. The summed E-state index contributed by atoms with van der Waals surface area (Å²) in [6.07, 6.45) is -15.5. The third kappa shape index (κ3) is 7.17. The maximum Gasteiger partial charge on any atom is 0.325 e. The normalized spacial score (nSPS) is 29.9. The van der Waals surface area contributed by atoms with E-state index in [-0.39, 0.29) is 33.6 Å². The number of nitrogens with one attached hydrogen (secondary N) is 1. The molecule has 4 aliphatic rings. The number of carboxylic acid groups (broad SMARTS) is 1. The Balaban J connectivity index is 1.37. The minimum atomic E-state index is -1.89. The molecule has 2 heterocycles. The number of ketones is 2. The number of likely N-dealkylation sites (N-methyl/N-ethyl adjacent to an activating group) is 1. The maximum absolute atomic E-state index is 14.1. The molecule has 2 fully saturated rings. The second-order valence-corrected chi connectivity index (χ2v) is 15.8. The van der Waals surface area contributed by atoms with Crippen molar-refractivity contribution in [3.05, 3.63) is 68.8 Å². The first kappa shape index (κ1) is 43.8. The minimum Gasteiger partial charge on any atom is -0.507 e. The number of rotatable bonds is 9. The van der Waals surface area contributed by atoms with Crippen LogP contribution >= 0.6 is 0 Å². The van der Waals surface area contributed by atoms with Crippen LogP contribution in [0.3, 0.4) is 0 Å². The van der Waals surface area contributed by atoms with Gasteiger partial charge in [0.1, 0.15) is 71.8 Å². The van der Waals surface area contributed by atoms with Gasteiger partial charge in [0.2, 0.25) is 0 Å². The maximum atomic E-state index is 14.1. The van der Waals surface area contributed by atoms with E-state index in [1.54, 1.807) is 25.9 Å². The molecule has 3 aromatic rings. The molecule has 0 spiro atoms. The lowest BCUT2D eigenvalue weighted by Gasteiger charge is -2.49. The van der Waals surface area contributed by atoms with Crippen LogP contribution in [-0.2, 0) is 23.7 Å². The Labute approximate surface area is 347 Å². The van der Waals surface area contributed by atoms with Crippen molar-refractivity contribution in [1.29, 1.82) is 0 Å². The molecule has 0 radical (unpaired) electrons. The zero-order valence-corrected chi connectivity index (χ0v) is 33.6. The van der Waals surface area contributed by atoms with Crippen LogP contribution in [0.4, 0.5) is 0 Å². The van der Waals surface area contributed by atoms with Crippen molar-refractivity contribution in [2.75, 3.05) is 27.8 Å². The predicted octanol–water partition coefficient (Wildman–Crippen LogP) is -0.269. The summed E-state index contributed by atoms with van der Waals surface area (Å²) in [5, 5.41) is 102. The van der Waals surface area contributed by atoms with E-state index < -0.39 is 149 Å². The molecular formula is C41H46N2O18. The number of ether oxygens (including phenoxy) is 5. The highest BCUT2D eigenvalue weighted by Crippen LogP contribution is 2.57. The van der Waals surface area contributed by atoms with Gasteiger partial charge in [0.15, 0.2) is 24.1 Å². The largest absolute Gasteiger partial charge is 0.507 e. The molecular weight excluding hydrogens is 808 g/mol. The van der Waals surface area contributed by atoms with Crippen LogP contribution in [0.2, 0.25) is 0 Å². The second kappa shape index (κ2) is 16.2. The zero-order chi connectivity index (χ0) is 44.7. The van der Waals surface area contributed by atoms with Gasteiger partial charge in [0.05, 0.1) is 42.6 Å². The minimum absolute atomic E-state index is 0.0169. The summed E-state index contributed by atoms with van der Waals surface area (Å²) >= 11 is 0. The summed E-state index contributed by atoms with van der Waals surface area (Å²) in [7, 11) is 4.59. The Morgan fingerprint density at radius 2 is 1.48 bits per heavy atom. The number of aromatic hydroxyl groups is 3. The van der Waals surface area contributed by atoms with Crippen molar-refractivity contribution < 1.29 is 88.8 Å². The summed E-state index contributed by atoms with van der Waals surface area (Å²) in [6, 6.07) is 2.50. The Morgan fingerprint density at radius 1 is 0.836 bits per heavy atom. The first-order valence-corrected chi connectivity index (χ1v) is 19.1. The van der Waals surface area contributed by atoms with Crippen LogP contribution < -0.4 is 10.1 Å². The number of nitrogens with zero attached hydrogens (tertiary/aromatic N) is 1. The number of phenolic OH excluding ortho intramolecular Hbond substituents is 3. The number of aliphatic hydroxyl groups excluding tert-OH is 5. The van der Waals surface area contributed by atoms with E-state index in [0.717, 1.165) is 12.1 Å². The highest BCUT2D eigenvalue weighted by molar-refractivity contribution is 6.31. The molecule has 0 saturated carbocycles. The van der Waals surface area contributed by atoms with E-state index in [0.29, 0.717) is 0 Å². The van der Waals surface area contributed by atoms with Gasteiger partial charge in [-0.25, -0.2) is 0 Å². The molecule has 7 rings (SSSR count). The van der Waals surface area contributed by atoms with Gasteiger partial charge in [-0.15, -0.1) is 0 Å². The number of carbonyl (C=O) groups excluding carboxylic acids is 3. The first-order valence-electron chi connectivity index (χ1n) is 19.1. The van der Waals surface area contributed by atoms with Crippen LogP contribution in [-0.4, -0.2) is 163 Å². The fourth-order valence-electron chi connectivity index (χ4n) is 8.59. The zero-order valence-electron chi connectivity index (χ0n) is 33.6. The SMILES string of the molecule is COc1cc(O)c2c(c1)C(=O)c1c(cc3c(c1O)-c1c(cc(C)c(C(=O)NC(C)C(=O)O)c1O)C(OC1OC(C)C(N(C)C)C(OC4OCC(O)C(O)C4O)C1O)C3O)C2=O. The summed E-state index contributed by atoms with van der Waals surface area (Å²) in [5.41, 5.74) is -3.34. The summed E-state index contributed by atoms with van der Waals surface area (Å²) in [6.45, 7) is 3.80. The lowest BCUT2D eigenvalue weighted by Crippen LogP contribution is -2.65. The lowest BCUT2D eigenvalue weighted by atomic mass is 9.74. The van der Waals surface area contributed by atoms with Gasteiger partial charge in [0.25, 0.3) is 5.91 Å². The van der Waals surface area contributed by atoms with Gasteiger partial charge in [-0.3, -0.25) is 19.2 Å². The number of amides is 1. The number of methoxy groups -OCH3 is 1. The van der Waals surface area contributed by atoms with Crippen molar-refractivity contribution >= 4 is 23.4 Å². The number of carboxylic acids is 1. The lowest BCUT2D eigenvalue weighted by molar-refractivity contribution is -0.345. The van der Waals surface area contributed by atoms with Gasteiger partial charge in [-0.05, 0) is 63.7 Å². The van der Waals surface area contributed by atoms with E-state index in [1.807, 2.05) is 0 Å². The Bertz CT molecular complexity index is 2310. The molecule has 3 aromatic carbocycles. The second-order valence-electron chi connectivity index (χ2n) is 15.8. The first-order chi connectivity index (χ1) is 28.7. The molecule has 20 nitrogen and oxygen atoms in total. The highest BCUT2D eigenvalue weighted by atomic mass is 16.7. The van der Waals surface area contributed by atoms with Crippen LogP contribution in [0, 0.1) is 6.92 Å². The number of hydrogen-bond donors (Lipinski definition) is 10. The Kier molecular flexibility index (Phi) is 11.6. The molecule has 2 saturated heterocycles. The third-order valence-corrected chi connectivity index (χ3v) is 11.6. The Hall–Kier alpha value is -5.26. The molecule has 2 aliphatic carbocycles. The molecule has 10 N–H and O–H groups in total. The van der Waals surface area contributed by atoms with Gasteiger partial charge in [-0.2, -0.15) is 0 Å². The highest BCUT2D eigenvalue weighted by Gasteiger charge is 2.52. The number of benzene rings is 3. The standard InChI is InChI=1S/C41H46N2O18/c1-12-7-19-25(32(50)22(12)38(54)42-13(2)39(55)56)24-17(10-18-26(33(24)51)29(47)16-8-15(57-6)9-20(44)23(16)28(18)46)30(48)36(19)60-41-35(53)37(27(43(4)5)14(3)59-41)61-40-34(52)31(49)21(45)11-58-40/h7-10,13-14,21,27,30-31,34-37,40-41,44-45,48-53H,11H2,1-6H3,(H,42,54)(H,55,56). The van der Waals surface area contributed by atoms with Gasteiger partial charge in [0, 0.05) is 28.3 Å². The number of aliphatic carboxylic acids is 1. The number of fused-ring (bicyclic) bond motifs is 5. The molecule has 61 heavy (non-hydrogen) atoms. The fourth-order valence-corrected chi connectivity index (χ4v) is 8.59. The van der Waals surface area contributed by atoms with E-state index in [1.165, 1.54) is 33.1 Å². The number of aliphatic hydroxyl groups is 5. The van der Waals surface area contributed by atoms with Crippen LogP contribution in [0.5, 0.6) is 23.0 Å². The quantitative estimate of drug-likeness (QED) is 0.104. The van der Waals surface area contributed by atoms with Crippen LogP contribution in [0.15, 0.2) is 24.3 Å². The number of phenols is 3. The van der Waals surface area contributed by atoms with Gasteiger partial charge >= 0.3 is 5.97 Å². The average Bonchev–Trinajstić information content (AvgIpc) is 3.19. The summed E-state index contributed by atoms with van der Waals surface area (Å²) < 4.78 is 29.2. The predicted molar refractivity (Wildman–Crippen MR) is 205 cm³/mol. The summed E-state index contributed by atoms with van der Waals surface area (Å²) in [4.78, 5) is 55.1. The van der Waals surface area contributed by atoms with Gasteiger partial charge in [-0.1, -0.05) is 6.07 Å². The number of hydrogen-bond acceptors (Lipinski definition) is 18. The number of carbonyl (C=O) groups is 4. The third-order valence-electron chi connectivity index (χ3n) is 11.6. The molecule has 1 amide bonds. The van der Waals surface area contributed by atoms with Crippen molar-refractivity contribution in [1.82, 2.24) is 10.2 Å². The molecule has 12 unspecified atom stereocenters. The van der Waals surface area contributed by atoms with Crippen LogP contribution in [0.1, 0.15) is 84.9 Å². The molecule has 328 valence electrons.